The van der Waals surface area contributed by atoms with Crippen LogP contribution in [-0.2, 0) is 19.6 Å². The molecular weight excluding hydrogens is 264 g/mol. The predicted octanol–water partition coefficient (Wildman–Crippen LogP) is 3.37. The first-order chi connectivity index (χ1) is 10.1. The third-order valence-electron chi connectivity index (χ3n) is 3.85. The summed E-state index contributed by atoms with van der Waals surface area (Å²) in [5, 5.41) is 3.50. The summed E-state index contributed by atoms with van der Waals surface area (Å²) in [6.45, 7) is 6.52. The minimum atomic E-state index is 0.711. The minimum absolute atomic E-state index is 0.711. The van der Waals surface area contributed by atoms with Crippen molar-refractivity contribution in [3.8, 4) is 0 Å². The lowest BCUT2D eigenvalue weighted by Gasteiger charge is -2.13. The third-order valence-corrected chi connectivity index (χ3v) is 3.85. The van der Waals surface area contributed by atoms with Crippen LogP contribution in [0.2, 0.25) is 0 Å². The molecule has 2 aromatic heterocycles. The van der Waals surface area contributed by atoms with E-state index in [4.69, 9.17) is 8.83 Å². The van der Waals surface area contributed by atoms with Crippen molar-refractivity contribution >= 4 is 0 Å². The Kier molecular flexibility index (Phi) is 4.17. The van der Waals surface area contributed by atoms with Gasteiger partial charge in [-0.2, -0.15) is 0 Å². The third kappa shape index (κ3) is 3.99. The van der Waals surface area contributed by atoms with E-state index in [2.05, 4.69) is 30.3 Å². The van der Waals surface area contributed by atoms with E-state index < -0.39 is 0 Å². The monoisotopic (exact) mass is 288 g/mol. The number of nitrogens with one attached hydrogen (secondary N) is 1. The highest BCUT2D eigenvalue weighted by Gasteiger charge is 2.21. The average molecular weight is 288 g/mol. The van der Waals surface area contributed by atoms with Crippen molar-refractivity contribution in [1.82, 2.24) is 10.2 Å². The number of hydrogen-bond donors (Lipinski definition) is 1. The Hall–Kier alpha value is -1.52. The van der Waals surface area contributed by atoms with E-state index in [1.54, 1.807) is 0 Å². The summed E-state index contributed by atoms with van der Waals surface area (Å²) in [6.07, 6.45) is 2.61. The number of aryl methyl sites for hydroxylation is 2. The van der Waals surface area contributed by atoms with Gasteiger partial charge in [-0.25, -0.2) is 0 Å². The van der Waals surface area contributed by atoms with Gasteiger partial charge in [-0.3, -0.25) is 4.90 Å². The molecule has 0 bridgehead atoms. The second-order valence-corrected chi connectivity index (χ2v) is 6.16. The van der Waals surface area contributed by atoms with E-state index >= 15 is 0 Å². The van der Waals surface area contributed by atoms with Crippen molar-refractivity contribution in [3.05, 3.63) is 46.8 Å². The van der Waals surface area contributed by atoms with Gasteiger partial charge in [-0.05, 0) is 57.5 Å². The van der Waals surface area contributed by atoms with Gasteiger partial charge in [-0.15, -0.1) is 0 Å². The topological polar surface area (TPSA) is 41.5 Å². The van der Waals surface area contributed by atoms with Gasteiger partial charge in [0.1, 0.15) is 23.0 Å². The molecule has 3 rings (SSSR count). The molecule has 0 amide bonds. The molecule has 0 atom stereocenters. The Morgan fingerprint density at radius 2 is 1.90 bits per heavy atom. The first kappa shape index (κ1) is 14.4. The van der Waals surface area contributed by atoms with Gasteiger partial charge in [0.2, 0.25) is 0 Å². The van der Waals surface area contributed by atoms with Crippen LogP contribution in [0.25, 0.3) is 0 Å². The van der Waals surface area contributed by atoms with E-state index in [1.807, 2.05) is 19.1 Å². The van der Waals surface area contributed by atoms with Gasteiger partial charge in [0.25, 0.3) is 0 Å². The van der Waals surface area contributed by atoms with Crippen molar-refractivity contribution in [1.29, 1.82) is 0 Å². The molecule has 0 aromatic carbocycles. The van der Waals surface area contributed by atoms with Crippen LogP contribution in [0, 0.1) is 13.8 Å². The summed E-state index contributed by atoms with van der Waals surface area (Å²) in [6, 6.07) is 6.89. The summed E-state index contributed by atoms with van der Waals surface area (Å²) >= 11 is 0. The van der Waals surface area contributed by atoms with Crippen LogP contribution in [0.15, 0.2) is 27.0 Å². The quantitative estimate of drug-likeness (QED) is 0.848. The fourth-order valence-corrected chi connectivity index (χ4v) is 2.53. The first-order valence-corrected chi connectivity index (χ1v) is 7.65. The summed E-state index contributed by atoms with van der Waals surface area (Å²) in [4.78, 5) is 2.20. The predicted molar refractivity (Wildman–Crippen MR) is 81.9 cm³/mol. The maximum atomic E-state index is 5.97. The molecule has 1 N–H and O–H groups in total. The first-order valence-electron chi connectivity index (χ1n) is 7.65. The zero-order valence-corrected chi connectivity index (χ0v) is 13.1. The van der Waals surface area contributed by atoms with Crippen molar-refractivity contribution in [3.63, 3.8) is 0 Å². The molecule has 0 radical (unpaired) electrons. The molecule has 21 heavy (non-hydrogen) atoms. The summed E-state index contributed by atoms with van der Waals surface area (Å²) in [5.74, 6) is 4.04. The fraction of sp³-hybridized carbons (Fsp3) is 0.529. The van der Waals surface area contributed by atoms with Gasteiger partial charge in [0.15, 0.2) is 0 Å². The Morgan fingerprint density at radius 1 is 1.14 bits per heavy atom. The Balaban J connectivity index is 1.54. The van der Waals surface area contributed by atoms with Crippen LogP contribution in [0.1, 0.15) is 41.4 Å². The lowest BCUT2D eigenvalue weighted by molar-refractivity contribution is 0.259. The molecule has 1 aliphatic carbocycles. The molecule has 1 aliphatic rings. The molecule has 0 spiro atoms. The summed E-state index contributed by atoms with van der Waals surface area (Å²) in [7, 11) is 2.08. The van der Waals surface area contributed by atoms with Gasteiger partial charge >= 0.3 is 0 Å². The van der Waals surface area contributed by atoms with E-state index in [0.29, 0.717) is 6.04 Å². The smallest absolute Gasteiger partial charge is 0.120 e. The van der Waals surface area contributed by atoms with E-state index in [-0.39, 0.29) is 0 Å². The highest BCUT2D eigenvalue weighted by molar-refractivity contribution is 5.20. The van der Waals surface area contributed by atoms with Crippen molar-refractivity contribution < 1.29 is 8.83 Å². The van der Waals surface area contributed by atoms with Gasteiger partial charge in [0.05, 0.1) is 19.6 Å². The zero-order chi connectivity index (χ0) is 14.8. The normalized spacial score (nSPS) is 15.0. The molecule has 2 heterocycles. The molecular formula is C17H24N2O2. The lowest BCUT2D eigenvalue weighted by atomic mass is 10.2. The molecule has 4 heteroatoms. The Bertz CT molecular complexity index is 596. The van der Waals surface area contributed by atoms with E-state index in [0.717, 1.165) is 42.7 Å². The van der Waals surface area contributed by atoms with Crippen molar-refractivity contribution in [2.24, 2.45) is 0 Å². The average Bonchev–Trinajstić information content (AvgIpc) is 3.07. The summed E-state index contributed by atoms with van der Waals surface area (Å²) < 4.78 is 11.6. The maximum absolute atomic E-state index is 5.97. The Morgan fingerprint density at radius 3 is 2.57 bits per heavy atom. The number of hydrogen-bond acceptors (Lipinski definition) is 4. The molecule has 0 aliphatic heterocycles. The molecule has 0 saturated heterocycles. The highest BCUT2D eigenvalue weighted by atomic mass is 16.3. The fourth-order valence-electron chi connectivity index (χ4n) is 2.53. The zero-order valence-electron chi connectivity index (χ0n) is 13.1. The largest absolute Gasteiger partial charge is 0.465 e. The van der Waals surface area contributed by atoms with Crippen molar-refractivity contribution in [2.45, 2.75) is 52.4 Å². The standard InChI is InChI=1S/C17H24N2O2/c1-12-8-16(21-17(12)9-18-14-5-6-14)11-19(3)10-15-7-4-13(2)20-15/h4,7-8,14,18H,5-6,9-11H2,1-3H3. The Labute approximate surface area is 126 Å². The molecule has 1 fully saturated rings. The molecule has 1 saturated carbocycles. The van der Waals surface area contributed by atoms with E-state index in [1.165, 1.54) is 18.4 Å². The molecule has 0 unspecified atom stereocenters. The number of furan rings is 2. The second-order valence-electron chi connectivity index (χ2n) is 6.16. The van der Waals surface area contributed by atoms with Gasteiger partial charge in [-0.1, -0.05) is 0 Å². The van der Waals surface area contributed by atoms with Crippen molar-refractivity contribution in [2.75, 3.05) is 7.05 Å². The van der Waals surface area contributed by atoms with Crippen LogP contribution in [0.3, 0.4) is 0 Å². The molecule has 114 valence electrons. The minimum Gasteiger partial charge on any atom is -0.465 e. The lowest BCUT2D eigenvalue weighted by Crippen LogP contribution is -2.16. The van der Waals surface area contributed by atoms with Gasteiger partial charge in [0, 0.05) is 6.04 Å². The maximum Gasteiger partial charge on any atom is 0.120 e. The van der Waals surface area contributed by atoms with Crippen LogP contribution in [0.4, 0.5) is 0 Å². The van der Waals surface area contributed by atoms with Crippen LogP contribution in [-0.4, -0.2) is 18.0 Å². The van der Waals surface area contributed by atoms with Crippen LogP contribution < -0.4 is 5.32 Å². The number of rotatable bonds is 7. The summed E-state index contributed by atoms with van der Waals surface area (Å²) in [5.41, 5.74) is 1.24. The second kappa shape index (κ2) is 6.08. The molecule has 4 nitrogen and oxygen atoms in total. The highest BCUT2D eigenvalue weighted by Crippen LogP contribution is 2.22. The van der Waals surface area contributed by atoms with Crippen LogP contribution in [0.5, 0.6) is 0 Å². The van der Waals surface area contributed by atoms with E-state index in [9.17, 15) is 0 Å². The molecule has 2 aromatic rings. The van der Waals surface area contributed by atoms with Gasteiger partial charge < -0.3 is 14.2 Å². The number of nitrogens with zero attached hydrogens (tertiary/aromatic N) is 1. The van der Waals surface area contributed by atoms with Crippen LogP contribution >= 0.6 is 0 Å². The SMILES string of the molecule is Cc1ccc(CN(C)Cc2cc(C)c(CNC3CC3)o2)o1.